The molecule has 166 valence electrons. The summed E-state index contributed by atoms with van der Waals surface area (Å²) in [5.41, 5.74) is 8.92. The number of hydrogen-bond acceptors (Lipinski definition) is 4. The molecule has 3 rings (SSSR count). The van der Waals surface area contributed by atoms with E-state index in [0.29, 0.717) is 56.8 Å². The summed E-state index contributed by atoms with van der Waals surface area (Å²) in [6, 6.07) is 2.02. The number of nitrogens with zero attached hydrogens (tertiary/aromatic N) is 2. The van der Waals surface area contributed by atoms with Crippen molar-refractivity contribution in [1.82, 2.24) is 9.21 Å². The Bertz CT molecular complexity index is 915. The summed E-state index contributed by atoms with van der Waals surface area (Å²) in [6.45, 7) is 9.39. The van der Waals surface area contributed by atoms with Crippen LogP contribution in [0.1, 0.15) is 47.9 Å². The third kappa shape index (κ3) is 4.25. The van der Waals surface area contributed by atoms with Gasteiger partial charge in [-0.3, -0.25) is 9.59 Å². The maximum atomic E-state index is 13.4. The summed E-state index contributed by atoms with van der Waals surface area (Å²) >= 11 is 0. The van der Waals surface area contributed by atoms with Crippen LogP contribution in [0.4, 0.5) is 0 Å². The third-order valence-electron chi connectivity index (χ3n) is 6.91. The Balaban J connectivity index is 1.67. The molecular formula is C22H33N3O4S. The molecule has 8 heteroatoms. The van der Waals surface area contributed by atoms with Gasteiger partial charge in [-0.25, -0.2) is 8.42 Å². The van der Waals surface area contributed by atoms with E-state index in [-0.39, 0.29) is 23.7 Å². The fraction of sp³-hybridized carbons (Fsp3) is 0.636. The van der Waals surface area contributed by atoms with Gasteiger partial charge in [-0.2, -0.15) is 4.31 Å². The predicted molar refractivity (Wildman–Crippen MR) is 115 cm³/mol. The third-order valence-corrected chi connectivity index (χ3v) is 9.08. The molecule has 0 aromatic heterocycles. The first-order chi connectivity index (χ1) is 14.0. The molecule has 2 aliphatic heterocycles. The average Bonchev–Trinajstić information content (AvgIpc) is 2.72. The number of nitrogens with two attached hydrogens (primary N) is 1. The van der Waals surface area contributed by atoms with Crippen molar-refractivity contribution >= 4 is 21.8 Å². The van der Waals surface area contributed by atoms with Gasteiger partial charge in [0.2, 0.25) is 21.8 Å². The van der Waals surface area contributed by atoms with E-state index in [4.69, 9.17) is 5.73 Å². The summed E-state index contributed by atoms with van der Waals surface area (Å²) < 4.78 is 28.3. The van der Waals surface area contributed by atoms with Gasteiger partial charge in [-0.15, -0.1) is 0 Å². The van der Waals surface area contributed by atoms with E-state index in [9.17, 15) is 18.0 Å². The van der Waals surface area contributed by atoms with Crippen LogP contribution in [0, 0.1) is 39.5 Å². The van der Waals surface area contributed by atoms with Gasteiger partial charge in [-0.05, 0) is 75.6 Å². The molecular weight excluding hydrogens is 402 g/mol. The molecule has 0 atom stereocenters. The van der Waals surface area contributed by atoms with E-state index < -0.39 is 10.0 Å². The van der Waals surface area contributed by atoms with E-state index in [1.165, 1.54) is 4.31 Å². The number of carbonyl (C=O) groups is 2. The minimum absolute atomic E-state index is 0.0775. The van der Waals surface area contributed by atoms with Gasteiger partial charge in [0.05, 0.1) is 4.90 Å². The number of hydrogen-bond donors (Lipinski definition) is 1. The van der Waals surface area contributed by atoms with Crippen LogP contribution in [-0.2, 0) is 19.6 Å². The van der Waals surface area contributed by atoms with Crippen LogP contribution in [0.3, 0.4) is 0 Å². The number of rotatable bonds is 4. The normalized spacial score (nSPS) is 19.8. The lowest BCUT2D eigenvalue weighted by molar-refractivity contribution is -0.139. The number of sulfonamides is 1. The van der Waals surface area contributed by atoms with Crippen LogP contribution in [0.15, 0.2) is 11.0 Å². The second-order valence-corrected chi connectivity index (χ2v) is 10.6. The van der Waals surface area contributed by atoms with Gasteiger partial charge in [0.15, 0.2) is 0 Å². The summed E-state index contributed by atoms with van der Waals surface area (Å²) in [5.74, 6) is -0.528. The molecule has 7 nitrogen and oxygen atoms in total. The second-order valence-electron chi connectivity index (χ2n) is 8.77. The number of aryl methyl sites for hydroxylation is 2. The number of carbonyl (C=O) groups excluding carboxylic acids is 2. The summed E-state index contributed by atoms with van der Waals surface area (Å²) in [6.07, 6.45) is 2.27. The number of amides is 2. The van der Waals surface area contributed by atoms with Gasteiger partial charge in [-0.1, -0.05) is 6.07 Å². The van der Waals surface area contributed by atoms with Crippen molar-refractivity contribution in [2.75, 3.05) is 26.2 Å². The summed E-state index contributed by atoms with van der Waals surface area (Å²) in [7, 11) is -3.60. The average molecular weight is 436 g/mol. The van der Waals surface area contributed by atoms with Crippen molar-refractivity contribution in [3.63, 3.8) is 0 Å². The van der Waals surface area contributed by atoms with E-state index in [1.807, 2.05) is 38.7 Å². The zero-order valence-electron chi connectivity index (χ0n) is 18.4. The van der Waals surface area contributed by atoms with Crippen molar-refractivity contribution in [3.8, 4) is 0 Å². The minimum Gasteiger partial charge on any atom is -0.369 e. The Kier molecular flexibility index (Phi) is 6.57. The molecule has 1 aromatic rings. The number of piperidine rings is 2. The molecule has 2 fully saturated rings. The Labute approximate surface area is 179 Å². The van der Waals surface area contributed by atoms with Crippen LogP contribution in [-0.4, -0.2) is 55.6 Å². The lowest BCUT2D eigenvalue weighted by atomic mass is 9.92. The monoisotopic (exact) mass is 435 g/mol. The van der Waals surface area contributed by atoms with Gasteiger partial charge < -0.3 is 10.6 Å². The molecule has 0 saturated carbocycles. The maximum Gasteiger partial charge on any atom is 0.243 e. The van der Waals surface area contributed by atoms with Crippen molar-refractivity contribution in [2.24, 2.45) is 17.6 Å². The second kappa shape index (κ2) is 8.67. The molecule has 30 heavy (non-hydrogen) atoms. The lowest BCUT2D eigenvalue weighted by Gasteiger charge is -2.36. The highest BCUT2D eigenvalue weighted by molar-refractivity contribution is 7.89. The predicted octanol–water partition coefficient (Wildman–Crippen LogP) is 2.04. The zero-order chi connectivity index (χ0) is 22.2. The highest BCUT2D eigenvalue weighted by Gasteiger charge is 2.36. The Morgan fingerprint density at radius 2 is 1.33 bits per heavy atom. The van der Waals surface area contributed by atoms with E-state index >= 15 is 0 Å². The topological polar surface area (TPSA) is 101 Å². The molecule has 0 bridgehead atoms. The summed E-state index contributed by atoms with van der Waals surface area (Å²) in [5, 5.41) is 0. The smallest absolute Gasteiger partial charge is 0.243 e. The first kappa shape index (κ1) is 22.7. The molecule has 2 aliphatic rings. The minimum atomic E-state index is -3.60. The Morgan fingerprint density at radius 3 is 1.80 bits per heavy atom. The quantitative estimate of drug-likeness (QED) is 0.782. The molecule has 2 N–H and O–H groups in total. The van der Waals surface area contributed by atoms with Crippen LogP contribution in [0.5, 0.6) is 0 Å². The van der Waals surface area contributed by atoms with Gasteiger partial charge in [0.25, 0.3) is 0 Å². The van der Waals surface area contributed by atoms with Crippen LogP contribution < -0.4 is 5.73 Å². The van der Waals surface area contributed by atoms with Crippen LogP contribution >= 0.6 is 0 Å². The van der Waals surface area contributed by atoms with Crippen molar-refractivity contribution in [1.29, 1.82) is 0 Å². The largest absolute Gasteiger partial charge is 0.369 e. The lowest BCUT2D eigenvalue weighted by Crippen LogP contribution is -2.47. The molecule has 2 amide bonds. The fourth-order valence-electron chi connectivity index (χ4n) is 4.68. The fourth-order valence-corrected chi connectivity index (χ4v) is 6.73. The van der Waals surface area contributed by atoms with Crippen LogP contribution in [0.2, 0.25) is 0 Å². The van der Waals surface area contributed by atoms with E-state index in [1.54, 1.807) is 0 Å². The molecule has 1 aromatic carbocycles. The highest BCUT2D eigenvalue weighted by Crippen LogP contribution is 2.32. The first-order valence-corrected chi connectivity index (χ1v) is 12.1. The van der Waals surface area contributed by atoms with Crippen LogP contribution in [0.25, 0.3) is 0 Å². The van der Waals surface area contributed by atoms with Gasteiger partial charge in [0.1, 0.15) is 0 Å². The molecule has 0 radical (unpaired) electrons. The van der Waals surface area contributed by atoms with E-state index in [2.05, 4.69) is 0 Å². The molecule has 2 saturated heterocycles. The highest BCUT2D eigenvalue weighted by atomic mass is 32.2. The first-order valence-electron chi connectivity index (χ1n) is 10.7. The van der Waals surface area contributed by atoms with Crippen molar-refractivity contribution < 1.29 is 18.0 Å². The number of benzene rings is 1. The Hall–Kier alpha value is -1.93. The standard InChI is InChI=1S/C22H33N3O4S/c1-14-13-15(2)17(4)20(16(14)3)30(28,29)25-11-7-19(8-12-25)22(27)24-9-5-18(6-10-24)21(23)26/h13,18-19H,5-12H2,1-4H3,(H2,23,26). The molecule has 0 spiro atoms. The van der Waals surface area contributed by atoms with Crippen molar-refractivity contribution in [3.05, 3.63) is 28.3 Å². The molecule has 0 aliphatic carbocycles. The van der Waals surface area contributed by atoms with E-state index in [0.717, 1.165) is 22.3 Å². The van der Waals surface area contributed by atoms with Gasteiger partial charge in [0, 0.05) is 38.0 Å². The molecule has 0 unspecified atom stereocenters. The van der Waals surface area contributed by atoms with Gasteiger partial charge >= 0.3 is 0 Å². The number of likely N-dealkylation sites (tertiary alicyclic amines) is 1. The number of primary amides is 1. The maximum absolute atomic E-state index is 13.4. The molecule has 2 heterocycles. The SMILES string of the molecule is Cc1cc(C)c(C)c(S(=O)(=O)N2CCC(C(=O)N3CCC(C(N)=O)CC3)CC2)c1C. The zero-order valence-corrected chi connectivity index (χ0v) is 19.2. The Morgan fingerprint density at radius 1 is 0.867 bits per heavy atom. The van der Waals surface area contributed by atoms with Crippen molar-refractivity contribution in [2.45, 2.75) is 58.3 Å². The summed E-state index contributed by atoms with van der Waals surface area (Å²) in [4.78, 5) is 26.4.